The van der Waals surface area contributed by atoms with Gasteiger partial charge in [-0.1, -0.05) is 30.9 Å². The molecule has 0 radical (unpaired) electrons. The zero-order valence-corrected chi connectivity index (χ0v) is 15.7. The van der Waals surface area contributed by atoms with E-state index >= 15 is 0 Å². The van der Waals surface area contributed by atoms with Gasteiger partial charge in [0.15, 0.2) is 11.2 Å². The Balaban J connectivity index is 1.81. The molecule has 7 nitrogen and oxygen atoms in total. The summed E-state index contributed by atoms with van der Waals surface area (Å²) >= 11 is 5.97. The van der Waals surface area contributed by atoms with Crippen LogP contribution in [0.4, 0.5) is 0 Å². The molecule has 1 N–H and O–H groups in total. The third-order valence-corrected chi connectivity index (χ3v) is 5.22. The number of hydrogen-bond donors (Lipinski definition) is 1. The van der Waals surface area contributed by atoms with E-state index in [4.69, 9.17) is 11.6 Å². The number of halogens is 1. The smallest absolute Gasteiger partial charge is 0.279 e. The second kappa shape index (κ2) is 7.15. The Kier molecular flexibility index (Phi) is 4.70. The minimum atomic E-state index is -0.291. The van der Waals surface area contributed by atoms with Crippen LogP contribution in [-0.2, 0) is 7.05 Å². The first-order chi connectivity index (χ1) is 13.0. The molecule has 140 valence electrons. The number of nitrogens with one attached hydrogen (secondary N) is 1. The quantitative estimate of drug-likeness (QED) is 0.751. The molecule has 1 amide bonds. The maximum Gasteiger partial charge on any atom is 0.279 e. The Morgan fingerprint density at radius 3 is 2.59 bits per heavy atom. The molecule has 0 atom stereocenters. The van der Waals surface area contributed by atoms with Crippen molar-refractivity contribution in [2.24, 2.45) is 7.05 Å². The Hall–Kier alpha value is -2.67. The second-order valence-electron chi connectivity index (χ2n) is 6.90. The molecule has 0 spiro atoms. The molecule has 0 unspecified atom stereocenters. The number of fused-ring (bicyclic) bond motifs is 1. The molecule has 8 heteroatoms. The molecule has 27 heavy (non-hydrogen) atoms. The Labute approximate surface area is 161 Å². The van der Waals surface area contributed by atoms with Crippen LogP contribution in [0.25, 0.3) is 16.7 Å². The molecular formula is C19H20ClN5O2. The highest BCUT2D eigenvalue weighted by molar-refractivity contribution is 6.30. The number of hydrogen-bond acceptors (Lipinski definition) is 4. The summed E-state index contributed by atoms with van der Waals surface area (Å²) in [5.41, 5.74) is 1.13. The van der Waals surface area contributed by atoms with E-state index in [1.165, 1.54) is 22.0 Å². The van der Waals surface area contributed by atoms with Crippen molar-refractivity contribution in [2.45, 2.75) is 38.1 Å². The fourth-order valence-corrected chi connectivity index (χ4v) is 3.64. The van der Waals surface area contributed by atoms with Crippen LogP contribution in [-0.4, -0.2) is 31.3 Å². The fourth-order valence-electron chi connectivity index (χ4n) is 3.51. The van der Waals surface area contributed by atoms with Gasteiger partial charge in [-0.2, -0.15) is 5.10 Å². The van der Waals surface area contributed by atoms with Gasteiger partial charge in [0.2, 0.25) is 0 Å². The number of benzene rings is 1. The number of aromatic nitrogens is 4. The standard InChI is InChI=1S/C19H20ClN5O2/c1-24-11-21-15-16(18(26)22-13-5-3-2-4-6-13)23-25(17(15)19(24)27)14-9-7-12(20)8-10-14/h7-11,13H,2-6H2,1H3,(H,22,26). The van der Waals surface area contributed by atoms with Crippen LogP contribution >= 0.6 is 11.6 Å². The molecule has 2 aromatic heterocycles. The van der Waals surface area contributed by atoms with Crippen molar-refractivity contribution in [1.82, 2.24) is 24.6 Å². The maximum atomic E-state index is 12.9. The Bertz CT molecular complexity index is 1050. The van der Waals surface area contributed by atoms with Crippen molar-refractivity contribution in [3.63, 3.8) is 0 Å². The van der Waals surface area contributed by atoms with E-state index in [0.29, 0.717) is 16.2 Å². The molecule has 2 heterocycles. The number of amides is 1. The summed E-state index contributed by atoms with van der Waals surface area (Å²) in [6, 6.07) is 7.09. The van der Waals surface area contributed by atoms with Crippen molar-refractivity contribution in [3.8, 4) is 5.69 Å². The lowest BCUT2D eigenvalue weighted by molar-refractivity contribution is 0.0923. The monoisotopic (exact) mass is 385 g/mol. The number of carbonyl (C=O) groups is 1. The van der Waals surface area contributed by atoms with Crippen LogP contribution in [0.5, 0.6) is 0 Å². The van der Waals surface area contributed by atoms with Crippen molar-refractivity contribution in [3.05, 3.63) is 51.7 Å². The SMILES string of the molecule is Cn1cnc2c(C(=O)NC3CCCCC3)nn(-c3ccc(Cl)cc3)c2c1=O. The highest BCUT2D eigenvalue weighted by Crippen LogP contribution is 2.21. The summed E-state index contributed by atoms with van der Waals surface area (Å²) in [5, 5.41) is 8.07. The summed E-state index contributed by atoms with van der Waals surface area (Å²) < 4.78 is 2.84. The lowest BCUT2D eigenvalue weighted by Crippen LogP contribution is -2.36. The zero-order chi connectivity index (χ0) is 19.0. The molecule has 1 fully saturated rings. The van der Waals surface area contributed by atoms with E-state index in [1.54, 1.807) is 31.3 Å². The van der Waals surface area contributed by atoms with Crippen LogP contribution < -0.4 is 10.9 Å². The fraction of sp³-hybridized carbons (Fsp3) is 0.368. The largest absolute Gasteiger partial charge is 0.348 e. The van der Waals surface area contributed by atoms with Gasteiger partial charge in [0.05, 0.1) is 12.0 Å². The molecule has 0 aliphatic heterocycles. The van der Waals surface area contributed by atoms with Gasteiger partial charge in [-0.25, -0.2) is 9.67 Å². The molecule has 4 rings (SSSR count). The second-order valence-corrected chi connectivity index (χ2v) is 7.34. The summed E-state index contributed by atoms with van der Waals surface area (Å²) in [5.74, 6) is -0.291. The number of carbonyl (C=O) groups excluding carboxylic acids is 1. The van der Waals surface area contributed by atoms with E-state index in [0.717, 1.165) is 25.7 Å². The van der Waals surface area contributed by atoms with Crippen molar-refractivity contribution >= 4 is 28.5 Å². The lowest BCUT2D eigenvalue weighted by Gasteiger charge is -2.22. The van der Waals surface area contributed by atoms with Crippen molar-refractivity contribution in [1.29, 1.82) is 0 Å². The van der Waals surface area contributed by atoms with Gasteiger partial charge < -0.3 is 9.88 Å². The zero-order valence-electron chi connectivity index (χ0n) is 15.0. The highest BCUT2D eigenvalue weighted by Gasteiger charge is 2.24. The van der Waals surface area contributed by atoms with E-state index < -0.39 is 0 Å². The topological polar surface area (TPSA) is 81.8 Å². The molecule has 1 saturated carbocycles. The summed E-state index contributed by atoms with van der Waals surface area (Å²) in [4.78, 5) is 29.9. The molecule has 1 aliphatic rings. The van der Waals surface area contributed by atoms with Gasteiger partial charge in [0.1, 0.15) is 5.52 Å². The summed E-state index contributed by atoms with van der Waals surface area (Å²) in [6.45, 7) is 0. The van der Waals surface area contributed by atoms with Crippen LogP contribution in [0.15, 0.2) is 35.4 Å². The third kappa shape index (κ3) is 3.35. The van der Waals surface area contributed by atoms with Crippen molar-refractivity contribution < 1.29 is 4.79 Å². The minimum Gasteiger partial charge on any atom is -0.348 e. The van der Waals surface area contributed by atoms with Crippen molar-refractivity contribution in [2.75, 3.05) is 0 Å². The summed E-state index contributed by atoms with van der Waals surface area (Å²) in [7, 11) is 1.62. The number of aryl methyl sites for hydroxylation is 1. The average Bonchev–Trinajstić information content (AvgIpc) is 3.06. The maximum absolute atomic E-state index is 12.9. The van der Waals surface area contributed by atoms with Crippen LogP contribution in [0.1, 0.15) is 42.6 Å². The van der Waals surface area contributed by atoms with E-state index in [-0.39, 0.29) is 28.7 Å². The van der Waals surface area contributed by atoms with Gasteiger partial charge >= 0.3 is 0 Å². The molecule has 0 saturated heterocycles. The van der Waals surface area contributed by atoms with Crippen LogP contribution in [0.2, 0.25) is 5.02 Å². The average molecular weight is 386 g/mol. The van der Waals surface area contributed by atoms with E-state index in [1.807, 2.05) is 0 Å². The van der Waals surface area contributed by atoms with E-state index in [2.05, 4.69) is 15.4 Å². The molecule has 3 aromatic rings. The first-order valence-electron chi connectivity index (χ1n) is 9.06. The summed E-state index contributed by atoms with van der Waals surface area (Å²) in [6.07, 6.45) is 6.79. The lowest BCUT2D eigenvalue weighted by atomic mass is 9.95. The Morgan fingerprint density at radius 2 is 1.89 bits per heavy atom. The number of nitrogens with zero attached hydrogens (tertiary/aromatic N) is 4. The molecular weight excluding hydrogens is 366 g/mol. The molecule has 0 bridgehead atoms. The van der Waals surface area contributed by atoms with Crippen LogP contribution in [0, 0.1) is 0 Å². The van der Waals surface area contributed by atoms with Gasteiger partial charge in [-0.3, -0.25) is 9.59 Å². The molecule has 1 aliphatic carbocycles. The van der Waals surface area contributed by atoms with Gasteiger partial charge in [-0.15, -0.1) is 0 Å². The predicted molar refractivity (Wildman–Crippen MR) is 103 cm³/mol. The third-order valence-electron chi connectivity index (χ3n) is 4.97. The molecule has 1 aromatic carbocycles. The first kappa shape index (κ1) is 17.7. The van der Waals surface area contributed by atoms with E-state index in [9.17, 15) is 9.59 Å². The Morgan fingerprint density at radius 1 is 1.19 bits per heavy atom. The first-order valence-corrected chi connectivity index (χ1v) is 9.43. The van der Waals surface area contributed by atoms with Gasteiger partial charge in [-0.05, 0) is 37.1 Å². The van der Waals surface area contributed by atoms with Gasteiger partial charge in [0, 0.05) is 18.1 Å². The minimum absolute atomic E-state index is 0.147. The normalized spacial score (nSPS) is 15.2. The van der Waals surface area contributed by atoms with Gasteiger partial charge in [0.25, 0.3) is 11.5 Å². The number of rotatable bonds is 3. The highest BCUT2D eigenvalue weighted by atomic mass is 35.5. The predicted octanol–water partition coefficient (Wildman–Crippen LogP) is 2.84. The van der Waals surface area contributed by atoms with Crippen LogP contribution in [0.3, 0.4) is 0 Å².